The highest BCUT2D eigenvalue weighted by atomic mass is 16.2. The number of piperidine rings is 1. The van der Waals surface area contributed by atoms with Crippen molar-refractivity contribution in [3.63, 3.8) is 0 Å². The molecule has 1 heterocycles. The zero-order chi connectivity index (χ0) is 11.5. The second-order valence-corrected chi connectivity index (χ2v) is 5.04. The van der Waals surface area contributed by atoms with Crippen LogP contribution in [-0.2, 0) is 9.59 Å². The zero-order valence-electron chi connectivity index (χ0n) is 10.1. The topological polar surface area (TPSA) is 37.4 Å². The summed E-state index contributed by atoms with van der Waals surface area (Å²) < 4.78 is 0. The fourth-order valence-corrected chi connectivity index (χ4v) is 2.52. The first kappa shape index (κ1) is 11.6. The van der Waals surface area contributed by atoms with Crippen LogP contribution in [0, 0.1) is 11.8 Å². The van der Waals surface area contributed by atoms with Crippen molar-refractivity contribution in [2.45, 2.75) is 51.9 Å². The Morgan fingerprint density at radius 1 is 1.00 bits per heavy atom. The molecular weight excluding hydrogens is 202 g/mol. The number of carbonyl (C=O) groups is 2. The van der Waals surface area contributed by atoms with Gasteiger partial charge < -0.3 is 0 Å². The van der Waals surface area contributed by atoms with E-state index in [1.165, 1.54) is 30.6 Å². The number of nitrogens with zero attached hydrogens (tertiary/aromatic N) is 1. The Labute approximate surface area is 97.2 Å². The summed E-state index contributed by atoms with van der Waals surface area (Å²) in [5, 5.41) is 0. The lowest BCUT2D eigenvalue weighted by Gasteiger charge is -2.15. The minimum absolute atomic E-state index is 0.0765. The molecule has 1 saturated carbocycles. The molecule has 2 amide bonds. The fraction of sp³-hybridized carbons (Fsp3) is 0.846. The Morgan fingerprint density at radius 3 is 2.19 bits per heavy atom. The van der Waals surface area contributed by atoms with E-state index >= 15 is 0 Å². The second kappa shape index (κ2) is 4.98. The minimum atomic E-state index is 0.0765. The standard InChI is InChI=1S/C13H21NO2/c1-2-3-4-5-6-7-8-14-12(15)10-9-11(10)13(14)16/h10-11H,2-9H2,1H3. The molecule has 1 saturated heterocycles. The lowest BCUT2D eigenvalue weighted by Crippen LogP contribution is -2.33. The van der Waals surface area contributed by atoms with E-state index in [4.69, 9.17) is 0 Å². The van der Waals surface area contributed by atoms with Gasteiger partial charge in [0.05, 0.1) is 11.8 Å². The van der Waals surface area contributed by atoms with Crippen molar-refractivity contribution < 1.29 is 9.59 Å². The predicted octanol–water partition coefficient (Wildman–Crippen LogP) is 2.35. The van der Waals surface area contributed by atoms with Crippen molar-refractivity contribution in [1.82, 2.24) is 4.90 Å². The lowest BCUT2D eigenvalue weighted by molar-refractivity contribution is -0.141. The maximum Gasteiger partial charge on any atom is 0.233 e. The predicted molar refractivity (Wildman–Crippen MR) is 61.7 cm³/mol. The monoisotopic (exact) mass is 223 g/mol. The van der Waals surface area contributed by atoms with Gasteiger partial charge in [-0.05, 0) is 12.8 Å². The SMILES string of the molecule is CCCCCCCCN1C(=O)C2CC2C1=O. The summed E-state index contributed by atoms with van der Waals surface area (Å²) in [6.45, 7) is 2.87. The first-order valence-electron chi connectivity index (χ1n) is 6.61. The van der Waals surface area contributed by atoms with Crippen LogP contribution in [-0.4, -0.2) is 23.3 Å². The third kappa shape index (κ3) is 2.28. The average Bonchev–Trinajstić information content (AvgIpc) is 3.02. The number of hydrogen-bond donors (Lipinski definition) is 0. The normalized spacial score (nSPS) is 27.4. The molecule has 0 radical (unpaired) electrons. The first-order valence-corrected chi connectivity index (χ1v) is 6.61. The maximum atomic E-state index is 11.6. The molecule has 0 aromatic carbocycles. The van der Waals surface area contributed by atoms with Crippen LogP contribution in [0.5, 0.6) is 0 Å². The number of imide groups is 1. The number of amides is 2. The van der Waals surface area contributed by atoms with E-state index in [1.54, 1.807) is 0 Å². The van der Waals surface area contributed by atoms with Gasteiger partial charge in [-0.25, -0.2) is 0 Å². The number of unbranched alkanes of at least 4 members (excludes halogenated alkanes) is 5. The molecule has 3 heteroatoms. The summed E-state index contributed by atoms with van der Waals surface area (Å²) in [6.07, 6.45) is 8.02. The quantitative estimate of drug-likeness (QED) is 0.491. The van der Waals surface area contributed by atoms with E-state index in [9.17, 15) is 9.59 Å². The molecule has 0 aromatic rings. The molecule has 0 bridgehead atoms. The molecule has 2 aliphatic rings. The molecule has 3 nitrogen and oxygen atoms in total. The van der Waals surface area contributed by atoms with E-state index in [-0.39, 0.29) is 23.7 Å². The molecule has 0 spiro atoms. The van der Waals surface area contributed by atoms with Crippen molar-refractivity contribution in [2.24, 2.45) is 11.8 Å². The van der Waals surface area contributed by atoms with Crippen LogP contribution in [0.3, 0.4) is 0 Å². The zero-order valence-corrected chi connectivity index (χ0v) is 10.1. The summed E-state index contributed by atoms with van der Waals surface area (Å²) in [7, 11) is 0. The minimum Gasteiger partial charge on any atom is -0.282 e. The largest absolute Gasteiger partial charge is 0.282 e. The molecule has 90 valence electrons. The summed E-state index contributed by atoms with van der Waals surface area (Å²) in [5.74, 6) is 0.354. The summed E-state index contributed by atoms with van der Waals surface area (Å²) in [5.41, 5.74) is 0. The van der Waals surface area contributed by atoms with Crippen LogP contribution in [0.4, 0.5) is 0 Å². The number of rotatable bonds is 7. The van der Waals surface area contributed by atoms with Gasteiger partial charge in [-0.15, -0.1) is 0 Å². The molecule has 1 aliphatic heterocycles. The first-order chi connectivity index (χ1) is 7.75. The Hall–Kier alpha value is -0.860. The molecular formula is C13H21NO2. The van der Waals surface area contributed by atoms with Crippen LogP contribution in [0.25, 0.3) is 0 Å². The molecule has 2 atom stereocenters. The van der Waals surface area contributed by atoms with Crippen molar-refractivity contribution in [3.05, 3.63) is 0 Å². The van der Waals surface area contributed by atoms with Crippen LogP contribution in [0.2, 0.25) is 0 Å². The molecule has 2 rings (SSSR count). The third-order valence-corrected chi connectivity index (χ3v) is 3.69. The number of carbonyl (C=O) groups excluding carboxylic acids is 2. The van der Waals surface area contributed by atoms with Crippen LogP contribution >= 0.6 is 0 Å². The summed E-state index contributed by atoms with van der Waals surface area (Å²) in [6, 6.07) is 0. The highest BCUT2D eigenvalue weighted by molar-refractivity contribution is 6.08. The number of hydrogen-bond acceptors (Lipinski definition) is 2. The van der Waals surface area contributed by atoms with Gasteiger partial charge in [0.1, 0.15) is 0 Å². The van der Waals surface area contributed by atoms with Gasteiger partial charge in [0, 0.05) is 6.54 Å². The molecule has 1 aliphatic carbocycles. The Bertz CT molecular complexity index is 268. The van der Waals surface area contributed by atoms with E-state index in [1.807, 2.05) is 0 Å². The Morgan fingerprint density at radius 2 is 1.56 bits per heavy atom. The number of likely N-dealkylation sites (tertiary alicyclic amines) is 1. The van der Waals surface area contributed by atoms with Gasteiger partial charge in [-0.3, -0.25) is 14.5 Å². The van der Waals surface area contributed by atoms with Gasteiger partial charge in [0.15, 0.2) is 0 Å². The third-order valence-electron chi connectivity index (χ3n) is 3.69. The summed E-state index contributed by atoms with van der Waals surface area (Å²) >= 11 is 0. The van der Waals surface area contributed by atoms with Crippen molar-refractivity contribution in [3.8, 4) is 0 Å². The van der Waals surface area contributed by atoms with Gasteiger partial charge in [-0.1, -0.05) is 39.0 Å². The summed E-state index contributed by atoms with van der Waals surface area (Å²) in [4.78, 5) is 24.8. The average molecular weight is 223 g/mol. The van der Waals surface area contributed by atoms with E-state index < -0.39 is 0 Å². The van der Waals surface area contributed by atoms with Gasteiger partial charge in [0.2, 0.25) is 11.8 Å². The maximum absolute atomic E-state index is 11.6. The lowest BCUT2D eigenvalue weighted by atomic mass is 10.1. The smallest absolute Gasteiger partial charge is 0.233 e. The van der Waals surface area contributed by atoms with Crippen molar-refractivity contribution >= 4 is 11.8 Å². The van der Waals surface area contributed by atoms with Gasteiger partial charge in [-0.2, -0.15) is 0 Å². The molecule has 0 N–H and O–H groups in total. The number of fused-ring (bicyclic) bond motifs is 1. The van der Waals surface area contributed by atoms with E-state index in [2.05, 4.69) is 6.92 Å². The second-order valence-electron chi connectivity index (χ2n) is 5.04. The molecule has 0 aromatic heterocycles. The Balaban J connectivity index is 1.60. The van der Waals surface area contributed by atoms with E-state index in [0.717, 1.165) is 19.3 Å². The molecule has 2 fully saturated rings. The Kier molecular flexibility index (Phi) is 3.62. The van der Waals surface area contributed by atoms with Crippen LogP contribution < -0.4 is 0 Å². The highest BCUT2D eigenvalue weighted by Gasteiger charge is 2.58. The molecule has 2 unspecified atom stereocenters. The van der Waals surface area contributed by atoms with Crippen molar-refractivity contribution in [2.75, 3.05) is 6.54 Å². The van der Waals surface area contributed by atoms with Gasteiger partial charge in [0.25, 0.3) is 0 Å². The van der Waals surface area contributed by atoms with Gasteiger partial charge >= 0.3 is 0 Å². The van der Waals surface area contributed by atoms with Crippen LogP contribution in [0.15, 0.2) is 0 Å². The van der Waals surface area contributed by atoms with Crippen LogP contribution in [0.1, 0.15) is 51.9 Å². The highest BCUT2D eigenvalue weighted by Crippen LogP contribution is 2.46. The van der Waals surface area contributed by atoms with Crippen molar-refractivity contribution in [1.29, 1.82) is 0 Å². The van der Waals surface area contributed by atoms with E-state index in [0.29, 0.717) is 6.54 Å². The molecule has 16 heavy (non-hydrogen) atoms. The fourth-order valence-electron chi connectivity index (χ4n) is 2.52.